The maximum atomic E-state index is 12.3. The standard InChI is InChI=1S/C16H25N3O2/c1-5-8-18-12-6-7-13(11(4)9-12)16(21)19-14(10(2)3)15(17)20/h6-7,9-10,14,18H,5,8H2,1-4H3,(H2,17,20)(H,19,21). The van der Waals surface area contributed by atoms with E-state index in [1.807, 2.05) is 32.9 Å². The molecule has 0 saturated heterocycles. The molecule has 0 aromatic heterocycles. The third-order valence-corrected chi connectivity index (χ3v) is 3.31. The Balaban J connectivity index is 2.85. The zero-order chi connectivity index (χ0) is 16.0. The summed E-state index contributed by atoms with van der Waals surface area (Å²) in [5.74, 6) is -0.832. The van der Waals surface area contributed by atoms with Gasteiger partial charge in [0.1, 0.15) is 6.04 Å². The lowest BCUT2D eigenvalue weighted by Crippen LogP contribution is -2.47. The second-order valence-corrected chi connectivity index (χ2v) is 5.55. The van der Waals surface area contributed by atoms with Crippen LogP contribution >= 0.6 is 0 Å². The zero-order valence-electron chi connectivity index (χ0n) is 13.2. The first-order valence-corrected chi connectivity index (χ1v) is 7.31. The molecule has 0 aliphatic carbocycles. The Morgan fingerprint density at radius 1 is 1.29 bits per heavy atom. The van der Waals surface area contributed by atoms with Crippen LogP contribution in [0.1, 0.15) is 43.1 Å². The highest BCUT2D eigenvalue weighted by Gasteiger charge is 2.22. The summed E-state index contributed by atoms with van der Waals surface area (Å²) in [6.45, 7) is 8.56. The topological polar surface area (TPSA) is 84.2 Å². The van der Waals surface area contributed by atoms with Gasteiger partial charge in [-0.1, -0.05) is 20.8 Å². The summed E-state index contributed by atoms with van der Waals surface area (Å²) in [5, 5.41) is 5.97. The zero-order valence-corrected chi connectivity index (χ0v) is 13.2. The number of aryl methyl sites for hydroxylation is 1. The number of anilines is 1. The van der Waals surface area contributed by atoms with Gasteiger partial charge in [-0.25, -0.2) is 0 Å². The second kappa shape index (κ2) is 7.67. The summed E-state index contributed by atoms with van der Waals surface area (Å²) in [4.78, 5) is 23.6. The molecule has 5 heteroatoms. The summed E-state index contributed by atoms with van der Waals surface area (Å²) >= 11 is 0. The van der Waals surface area contributed by atoms with Gasteiger partial charge in [-0.05, 0) is 43.0 Å². The van der Waals surface area contributed by atoms with Crippen molar-refractivity contribution in [3.05, 3.63) is 29.3 Å². The van der Waals surface area contributed by atoms with Crippen LogP contribution in [0.3, 0.4) is 0 Å². The molecule has 1 unspecified atom stereocenters. The van der Waals surface area contributed by atoms with Gasteiger partial charge in [0.2, 0.25) is 5.91 Å². The number of hydrogen-bond acceptors (Lipinski definition) is 3. The lowest BCUT2D eigenvalue weighted by Gasteiger charge is -2.19. The first-order valence-electron chi connectivity index (χ1n) is 7.31. The molecule has 0 aliphatic heterocycles. The van der Waals surface area contributed by atoms with E-state index in [1.54, 1.807) is 6.07 Å². The summed E-state index contributed by atoms with van der Waals surface area (Å²) < 4.78 is 0. The molecule has 0 fully saturated rings. The average molecular weight is 291 g/mol. The van der Waals surface area contributed by atoms with E-state index in [0.29, 0.717) is 5.56 Å². The van der Waals surface area contributed by atoms with Crippen molar-refractivity contribution in [2.75, 3.05) is 11.9 Å². The van der Waals surface area contributed by atoms with E-state index in [2.05, 4.69) is 17.6 Å². The molecule has 0 saturated carbocycles. The third kappa shape index (κ3) is 4.77. The fourth-order valence-corrected chi connectivity index (χ4v) is 2.08. The number of nitrogens with two attached hydrogens (primary N) is 1. The van der Waals surface area contributed by atoms with Crippen molar-refractivity contribution < 1.29 is 9.59 Å². The molecule has 1 aromatic carbocycles. The Morgan fingerprint density at radius 2 is 1.95 bits per heavy atom. The molecule has 1 aromatic rings. The normalized spacial score (nSPS) is 12.0. The maximum Gasteiger partial charge on any atom is 0.252 e. The van der Waals surface area contributed by atoms with E-state index in [1.165, 1.54) is 0 Å². The Labute approximate surface area is 126 Å². The van der Waals surface area contributed by atoms with Gasteiger partial charge in [0, 0.05) is 17.8 Å². The molecule has 5 nitrogen and oxygen atoms in total. The van der Waals surface area contributed by atoms with Crippen LogP contribution in [0.2, 0.25) is 0 Å². The Morgan fingerprint density at radius 3 is 2.43 bits per heavy atom. The van der Waals surface area contributed by atoms with E-state index in [-0.39, 0.29) is 11.8 Å². The molecule has 1 rings (SSSR count). The highest BCUT2D eigenvalue weighted by Crippen LogP contribution is 2.16. The van der Waals surface area contributed by atoms with Crippen LogP contribution in [0.15, 0.2) is 18.2 Å². The predicted molar refractivity (Wildman–Crippen MR) is 85.2 cm³/mol. The van der Waals surface area contributed by atoms with Gasteiger partial charge in [0.05, 0.1) is 0 Å². The number of carbonyl (C=O) groups excluding carboxylic acids is 2. The molecule has 0 aliphatic rings. The number of rotatable bonds is 7. The lowest BCUT2D eigenvalue weighted by molar-refractivity contribution is -0.120. The third-order valence-electron chi connectivity index (χ3n) is 3.31. The molecule has 0 radical (unpaired) electrons. The molecule has 1 atom stereocenters. The Kier molecular flexibility index (Phi) is 6.21. The van der Waals surface area contributed by atoms with Crippen molar-refractivity contribution in [3.63, 3.8) is 0 Å². The summed E-state index contributed by atoms with van der Waals surface area (Å²) in [7, 11) is 0. The number of hydrogen-bond donors (Lipinski definition) is 3. The molecule has 2 amide bonds. The molecule has 21 heavy (non-hydrogen) atoms. The average Bonchev–Trinajstić information content (AvgIpc) is 2.41. The molecule has 4 N–H and O–H groups in total. The van der Waals surface area contributed by atoms with E-state index in [0.717, 1.165) is 24.2 Å². The fraction of sp³-hybridized carbons (Fsp3) is 0.500. The predicted octanol–water partition coefficient (Wildman–Crippen LogP) is 2.06. The quantitative estimate of drug-likeness (QED) is 0.719. The highest BCUT2D eigenvalue weighted by atomic mass is 16.2. The molecular weight excluding hydrogens is 266 g/mol. The second-order valence-electron chi connectivity index (χ2n) is 5.55. The van der Waals surface area contributed by atoms with Crippen LogP contribution in [0.25, 0.3) is 0 Å². The molecular formula is C16H25N3O2. The van der Waals surface area contributed by atoms with Gasteiger partial charge in [-0.3, -0.25) is 9.59 Å². The summed E-state index contributed by atoms with van der Waals surface area (Å²) in [6.07, 6.45) is 1.04. The molecule has 0 spiro atoms. The van der Waals surface area contributed by atoms with Crippen molar-refractivity contribution in [3.8, 4) is 0 Å². The van der Waals surface area contributed by atoms with E-state index >= 15 is 0 Å². The molecule has 116 valence electrons. The fourth-order valence-electron chi connectivity index (χ4n) is 2.08. The minimum absolute atomic E-state index is 0.0442. The SMILES string of the molecule is CCCNc1ccc(C(=O)NC(C(N)=O)C(C)C)c(C)c1. The monoisotopic (exact) mass is 291 g/mol. The van der Waals surface area contributed by atoms with E-state index in [4.69, 9.17) is 5.73 Å². The number of primary amides is 1. The van der Waals surface area contributed by atoms with Crippen molar-refractivity contribution in [1.82, 2.24) is 5.32 Å². The van der Waals surface area contributed by atoms with Gasteiger partial charge in [0.25, 0.3) is 5.91 Å². The van der Waals surface area contributed by atoms with E-state index in [9.17, 15) is 9.59 Å². The van der Waals surface area contributed by atoms with Crippen LogP contribution in [0, 0.1) is 12.8 Å². The van der Waals surface area contributed by atoms with Crippen molar-refractivity contribution >= 4 is 17.5 Å². The Hall–Kier alpha value is -2.04. The van der Waals surface area contributed by atoms with Gasteiger partial charge >= 0.3 is 0 Å². The summed E-state index contributed by atoms with van der Waals surface area (Å²) in [5.41, 5.74) is 7.73. The van der Waals surface area contributed by atoms with Crippen LogP contribution in [0.5, 0.6) is 0 Å². The first kappa shape index (κ1) is 17.0. The summed E-state index contributed by atoms with van der Waals surface area (Å²) in [6, 6.07) is 4.90. The molecule has 0 heterocycles. The highest BCUT2D eigenvalue weighted by molar-refractivity contribution is 5.98. The number of carbonyl (C=O) groups is 2. The van der Waals surface area contributed by atoms with Crippen LogP contribution < -0.4 is 16.4 Å². The van der Waals surface area contributed by atoms with Crippen molar-refractivity contribution in [2.45, 2.75) is 40.2 Å². The maximum absolute atomic E-state index is 12.3. The molecule has 0 bridgehead atoms. The van der Waals surface area contributed by atoms with Gasteiger partial charge in [-0.15, -0.1) is 0 Å². The van der Waals surface area contributed by atoms with E-state index < -0.39 is 11.9 Å². The minimum Gasteiger partial charge on any atom is -0.385 e. The lowest BCUT2D eigenvalue weighted by atomic mass is 10.0. The first-order chi connectivity index (χ1) is 9.86. The number of benzene rings is 1. The largest absolute Gasteiger partial charge is 0.385 e. The van der Waals surface area contributed by atoms with Gasteiger partial charge < -0.3 is 16.4 Å². The van der Waals surface area contributed by atoms with Crippen LogP contribution in [0.4, 0.5) is 5.69 Å². The minimum atomic E-state index is -0.658. The van der Waals surface area contributed by atoms with Gasteiger partial charge in [-0.2, -0.15) is 0 Å². The van der Waals surface area contributed by atoms with Crippen LogP contribution in [-0.4, -0.2) is 24.4 Å². The number of amides is 2. The Bertz CT molecular complexity index is 512. The van der Waals surface area contributed by atoms with Crippen molar-refractivity contribution in [2.24, 2.45) is 11.7 Å². The number of nitrogens with one attached hydrogen (secondary N) is 2. The van der Waals surface area contributed by atoms with Gasteiger partial charge in [0.15, 0.2) is 0 Å². The smallest absolute Gasteiger partial charge is 0.252 e. The van der Waals surface area contributed by atoms with Crippen LogP contribution in [-0.2, 0) is 4.79 Å². The van der Waals surface area contributed by atoms with Crippen molar-refractivity contribution in [1.29, 1.82) is 0 Å².